The largest absolute Gasteiger partial charge is 0.598 e. The van der Waals surface area contributed by atoms with Crippen LogP contribution in [0.2, 0.25) is 0 Å². The maximum Gasteiger partial charge on any atom is 0.598 e. The Morgan fingerprint density at radius 2 is 0.941 bits per heavy atom. The zero-order chi connectivity index (χ0) is 50.7. The van der Waals surface area contributed by atoms with Crippen LogP contribution in [-0.4, -0.2) is 54.9 Å². The fourth-order valence-electron chi connectivity index (χ4n) is 8.56. The molecule has 0 aliphatic carbocycles. The predicted octanol–water partition coefficient (Wildman–Crippen LogP) is 15.5. The van der Waals surface area contributed by atoms with Crippen molar-refractivity contribution in [1.29, 1.82) is 0 Å². The van der Waals surface area contributed by atoms with Gasteiger partial charge in [0.2, 0.25) is 0 Å². The van der Waals surface area contributed by atoms with Gasteiger partial charge in [0, 0.05) is 28.1 Å². The molecule has 0 N–H and O–H groups in total. The van der Waals surface area contributed by atoms with Gasteiger partial charge in [0.1, 0.15) is 13.2 Å². The van der Waals surface area contributed by atoms with E-state index in [1.54, 1.807) is 44.2 Å². The zero-order valence-electron chi connectivity index (χ0n) is 40.1. The molecule has 0 spiro atoms. The predicted molar refractivity (Wildman–Crippen MR) is 252 cm³/mol. The first-order valence-electron chi connectivity index (χ1n) is 22.0. The van der Waals surface area contributed by atoms with Crippen molar-refractivity contribution in [2.75, 3.05) is 13.2 Å². The molecule has 362 valence electrons. The Kier molecular flexibility index (Phi) is 14.1. The minimum atomic E-state index is -6.19. The Labute approximate surface area is 392 Å². The van der Waals surface area contributed by atoms with Crippen molar-refractivity contribution in [3.05, 3.63) is 152 Å². The lowest BCUT2D eigenvalue weighted by molar-refractivity contribution is -0.295. The second kappa shape index (κ2) is 18.5. The summed E-state index contributed by atoms with van der Waals surface area (Å²) in [6, 6.07) is 23.8. The molecular formula is C53H55BF10N2O2. The number of nitrogens with zero attached hydrogens (tertiary/aromatic N) is 2. The molecule has 1 aliphatic rings. The van der Waals surface area contributed by atoms with Crippen molar-refractivity contribution in [2.45, 2.75) is 118 Å². The molecule has 6 rings (SSSR count). The molecule has 0 bridgehead atoms. The summed E-state index contributed by atoms with van der Waals surface area (Å²) in [4.78, 5) is 5.11. The lowest BCUT2D eigenvalue weighted by Crippen LogP contribution is -2.48. The maximum absolute atomic E-state index is 14.8. The van der Waals surface area contributed by atoms with E-state index < -0.39 is 44.7 Å². The third kappa shape index (κ3) is 10.9. The molecule has 0 fully saturated rings. The van der Waals surface area contributed by atoms with Crippen LogP contribution in [0.4, 0.5) is 43.9 Å². The second-order valence-corrected chi connectivity index (χ2v) is 19.8. The number of allylic oxidation sites excluding steroid dienone is 2. The third-order valence-electron chi connectivity index (χ3n) is 12.0. The van der Waals surface area contributed by atoms with Crippen LogP contribution in [-0.2, 0) is 20.1 Å². The summed E-state index contributed by atoms with van der Waals surface area (Å²) >= 11 is 0. The van der Waals surface area contributed by atoms with Crippen molar-refractivity contribution in [3.63, 3.8) is 0 Å². The molecule has 2 heterocycles. The van der Waals surface area contributed by atoms with Crippen LogP contribution in [0.1, 0.15) is 103 Å². The highest BCUT2D eigenvalue weighted by molar-refractivity contribution is 6.44. The van der Waals surface area contributed by atoms with Gasteiger partial charge >= 0.3 is 31.5 Å². The molecule has 0 saturated carbocycles. The summed E-state index contributed by atoms with van der Waals surface area (Å²) in [5, 5.41) is 0. The monoisotopic (exact) mass is 952 g/mol. The number of hydrogen-bond donors (Lipinski definition) is 0. The van der Waals surface area contributed by atoms with Crippen LogP contribution in [0.25, 0.3) is 34.0 Å². The molecular weight excluding hydrogens is 897 g/mol. The van der Waals surface area contributed by atoms with Gasteiger partial charge in [-0.2, -0.15) is 43.9 Å². The van der Waals surface area contributed by atoms with Crippen LogP contribution in [0.3, 0.4) is 0 Å². The normalized spacial score (nSPS) is 14.8. The average molecular weight is 953 g/mol. The van der Waals surface area contributed by atoms with Gasteiger partial charge in [-0.3, -0.25) is 0 Å². The molecule has 0 unspecified atom stereocenters. The summed E-state index contributed by atoms with van der Waals surface area (Å²) in [6.07, 6.45) is -9.00. The van der Waals surface area contributed by atoms with Crippen molar-refractivity contribution < 1.29 is 53.2 Å². The summed E-state index contributed by atoms with van der Waals surface area (Å²) in [7, 11) is -2.73. The Bertz CT molecular complexity index is 2710. The number of aryl methyl sites for hydroxylation is 6. The Hall–Kier alpha value is -5.41. The number of alkyl halides is 10. The van der Waals surface area contributed by atoms with E-state index in [0.717, 1.165) is 49.0 Å². The topological polar surface area (TPSA) is 35.8 Å². The highest BCUT2D eigenvalue weighted by Crippen LogP contribution is 2.44. The first-order valence-corrected chi connectivity index (χ1v) is 22.0. The number of rotatable bonds is 12. The number of hydrogen-bond acceptors (Lipinski definition) is 3. The quantitative estimate of drug-likeness (QED) is 0.0923. The smallest absolute Gasteiger partial charge is 0.385 e. The summed E-state index contributed by atoms with van der Waals surface area (Å²) in [5.74, 6) is -11.2. The minimum Gasteiger partial charge on any atom is -0.385 e. The number of benzene rings is 4. The van der Waals surface area contributed by atoms with Crippen molar-refractivity contribution in [3.8, 4) is 22.4 Å². The molecule has 4 nitrogen and oxygen atoms in total. The van der Waals surface area contributed by atoms with Crippen LogP contribution in [0, 0.1) is 41.5 Å². The maximum atomic E-state index is 14.8. The lowest BCUT2D eigenvalue weighted by Gasteiger charge is -2.26. The van der Waals surface area contributed by atoms with E-state index in [1.807, 2.05) is 103 Å². The van der Waals surface area contributed by atoms with Gasteiger partial charge in [-0.15, -0.1) is 0 Å². The zero-order valence-corrected chi connectivity index (χ0v) is 40.1. The highest BCUT2D eigenvalue weighted by Gasteiger charge is 2.60. The average Bonchev–Trinajstić information content (AvgIpc) is 3.77. The molecule has 15 heteroatoms. The second-order valence-electron chi connectivity index (χ2n) is 19.8. The Morgan fingerprint density at radius 3 is 1.34 bits per heavy atom. The van der Waals surface area contributed by atoms with Gasteiger partial charge in [0.15, 0.2) is 0 Å². The lowest BCUT2D eigenvalue weighted by atomic mass is 9.86. The molecule has 68 heavy (non-hydrogen) atoms. The van der Waals surface area contributed by atoms with Crippen LogP contribution >= 0.6 is 0 Å². The van der Waals surface area contributed by atoms with Gasteiger partial charge in [-0.05, 0) is 121 Å². The molecule has 0 saturated heterocycles. The van der Waals surface area contributed by atoms with E-state index >= 15 is 0 Å². The molecule has 1 aliphatic heterocycles. The SMILES string of the molecule is Cc1cc(C)c(C2=CC(c3ccc(C(C)(C)C)cc3)=N/C2=C\c2c(-c3c(C)cc(C)cc3C)cc(-c3ccc(C(C)(C)C)cc3)n2B(OCC(F)(F)C(F)(F)F)OCC(F)(F)C(F)(F)F)c(C)c1. The number of aromatic nitrogens is 1. The first kappa shape index (κ1) is 52.0. The highest BCUT2D eigenvalue weighted by atomic mass is 19.4. The molecule has 0 atom stereocenters. The van der Waals surface area contributed by atoms with E-state index in [4.69, 9.17) is 14.3 Å². The van der Waals surface area contributed by atoms with Gasteiger partial charge < -0.3 is 13.8 Å². The number of aliphatic imine (C=N–C) groups is 1. The van der Waals surface area contributed by atoms with Crippen molar-refractivity contribution in [1.82, 2.24) is 4.48 Å². The van der Waals surface area contributed by atoms with Gasteiger partial charge in [-0.25, -0.2) is 4.99 Å². The van der Waals surface area contributed by atoms with E-state index in [-0.39, 0.29) is 33.5 Å². The summed E-state index contributed by atoms with van der Waals surface area (Å²) < 4.78 is 153. The Morgan fingerprint density at radius 1 is 0.544 bits per heavy atom. The Balaban J connectivity index is 1.76. The molecule has 0 radical (unpaired) electrons. The van der Waals surface area contributed by atoms with Crippen LogP contribution < -0.4 is 0 Å². The third-order valence-corrected chi connectivity index (χ3v) is 12.0. The molecule has 5 aromatic rings. The number of halogens is 10. The fourth-order valence-corrected chi connectivity index (χ4v) is 8.56. The molecule has 1 aromatic heterocycles. The van der Waals surface area contributed by atoms with Crippen LogP contribution in [0.5, 0.6) is 0 Å². The first-order chi connectivity index (χ1) is 31.2. The fraction of sp³-hybridized carbons (Fsp3) is 0.377. The van der Waals surface area contributed by atoms with Crippen molar-refractivity contribution >= 4 is 24.6 Å². The van der Waals surface area contributed by atoms with E-state index in [1.165, 1.54) is 6.08 Å². The summed E-state index contributed by atoms with van der Waals surface area (Å²) in [5.41, 5.74) is 10.2. The van der Waals surface area contributed by atoms with E-state index in [2.05, 4.69) is 20.8 Å². The standard InChI is InChI=1S/C53H55BF10N2O2/c1-30-21-32(3)46(33(4)22-30)40-25-42(36-13-17-38(18-14-36)48(7,8)9)65-43(40)27-45-41(47-34(5)23-31(2)24-35(47)6)26-44(37-15-19-39(20-16-37)49(10,11)12)66(45)54(67-28-50(55,56)52(59,60)61)68-29-51(57,58)53(62,63)64/h13-27H,28-29H2,1-12H3/b43-27-. The van der Waals surface area contributed by atoms with Crippen molar-refractivity contribution in [2.24, 2.45) is 4.99 Å². The summed E-state index contributed by atoms with van der Waals surface area (Å²) in [6.45, 7) is 18.3. The molecule has 4 aromatic carbocycles. The van der Waals surface area contributed by atoms with Gasteiger partial charge in [0.05, 0.1) is 11.4 Å². The molecule has 0 amide bonds. The van der Waals surface area contributed by atoms with Gasteiger partial charge in [-0.1, -0.05) is 125 Å². The van der Waals surface area contributed by atoms with Gasteiger partial charge in [0.25, 0.3) is 0 Å². The van der Waals surface area contributed by atoms with E-state index in [0.29, 0.717) is 33.5 Å². The van der Waals surface area contributed by atoms with Crippen LogP contribution in [0.15, 0.2) is 95.6 Å². The van der Waals surface area contributed by atoms with E-state index in [9.17, 15) is 43.9 Å². The minimum absolute atomic E-state index is 0.0180.